The highest BCUT2D eigenvalue weighted by atomic mass is 16.5. The van der Waals surface area contributed by atoms with E-state index in [1.807, 2.05) is 31.2 Å². The zero-order chi connectivity index (χ0) is 19.0. The molecule has 8 nitrogen and oxygen atoms in total. The van der Waals surface area contributed by atoms with E-state index in [1.54, 1.807) is 16.8 Å². The molecule has 0 spiro atoms. The van der Waals surface area contributed by atoms with Crippen molar-refractivity contribution in [3.8, 4) is 17.6 Å². The number of hydrogen-bond acceptors (Lipinski definition) is 6. The van der Waals surface area contributed by atoms with Gasteiger partial charge in [0.1, 0.15) is 24.0 Å². The quantitative estimate of drug-likeness (QED) is 0.740. The van der Waals surface area contributed by atoms with Crippen molar-refractivity contribution in [2.24, 2.45) is 11.7 Å². The number of nitriles is 1. The van der Waals surface area contributed by atoms with Crippen LogP contribution in [0, 0.1) is 17.2 Å². The maximum absolute atomic E-state index is 11.5. The van der Waals surface area contributed by atoms with Gasteiger partial charge < -0.3 is 15.2 Å². The fourth-order valence-corrected chi connectivity index (χ4v) is 3.14. The van der Waals surface area contributed by atoms with E-state index in [0.717, 1.165) is 16.5 Å². The largest absolute Gasteiger partial charge is 0.493 e. The molecule has 0 saturated carbocycles. The predicted octanol–water partition coefficient (Wildman–Crippen LogP) is 1.86. The van der Waals surface area contributed by atoms with Crippen LogP contribution in [0.3, 0.4) is 0 Å². The van der Waals surface area contributed by atoms with Crippen LogP contribution < -0.4 is 10.5 Å². The number of benzene rings is 1. The number of imidazole rings is 1. The van der Waals surface area contributed by atoms with Gasteiger partial charge in [-0.3, -0.25) is 9.36 Å². The second kappa shape index (κ2) is 6.70. The highest BCUT2D eigenvalue weighted by Gasteiger charge is 2.37. The van der Waals surface area contributed by atoms with Crippen molar-refractivity contribution in [3.05, 3.63) is 48.0 Å². The molecule has 0 radical (unpaired) electrons. The van der Waals surface area contributed by atoms with Crippen LogP contribution in [0.1, 0.15) is 24.3 Å². The van der Waals surface area contributed by atoms with Crippen molar-refractivity contribution in [2.75, 3.05) is 13.2 Å². The van der Waals surface area contributed by atoms with Crippen LogP contribution in [-0.4, -0.2) is 33.7 Å². The first kappa shape index (κ1) is 17.0. The molecule has 1 saturated heterocycles. The molecule has 8 heteroatoms. The molecule has 2 unspecified atom stereocenters. The highest BCUT2D eigenvalue weighted by Crippen LogP contribution is 2.38. The van der Waals surface area contributed by atoms with E-state index < -0.39 is 0 Å². The summed E-state index contributed by atoms with van der Waals surface area (Å²) in [5.41, 5.74) is 7.32. The number of aromatic nitrogens is 3. The smallest absolute Gasteiger partial charge is 0.225 e. The lowest BCUT2D eigenvalue weighted by molar-refractivity contribution is -0.154. The Morgan fingerprint density at radius 3 is 2.96 bits per heavy atom. The van der Waals surface area contributed by atoms with Gasteiger partial charge >= 0.3 is 0 Å². The lowest BCUT2D eigenvalue weighted by Gasteiger charge is -2.35. The Morgan fingerprint density at radius 2 is 2.33 bits per heavy atom. The molecule has 1 aliphatic heterocycles. The summed E-state index contributed by atoms with van der Waals surface area (Å²) in [5, 5.41) is 9.78. The summed E-state index contributed by atoms with van der Waals surface area (Å²) < 4.78 is 13.0. The number of nitrogens with two attached hydrogens (primary N) is 1. The van der Waals surface area contributed by atoms with E-state index >= 15 is 0 Å². The predicted molar refractivity (Wildman–Crippen MR) is 96.1 cm³/mol. The molecule has 2 atom stereocenters. The number of primary amides is 1. The van der Waals surface area contributed by atoms with E-state index in [-0.39, 0.29) is 17.9 Å². The molecule has 27 heavy (non-hydrogen) atoms. The van der Waals surface area contributed by atoms with Gasteiger partial charge in [-0.1, -0.05) is 6.07 Å². The van der Waals surface area contributed by atoms with E-state index in [9.17, 15) is 4.79 Å². The number of carbonyl (C=O) groups excluding carboxylic acids is 1. The minimum Gasteiger partial charge on any atom is -0.493 e. The topological polar surface area (TPSA) is 116 Å². The Hall–Kier alpha value is -3.44. The number of fused-ring (bicyclic) bond motifs is 1. The second-order valence-electron chi connectivity index (χ2n) is 6.23. The average molecular weight is 363 g/mol. The average Bonchev–Trinajstić information content (AvgIpc) is 3.10. The number of hydrogen-bond donors (Lipinski definition) is 1. The SMILES string of the molecule is CCOc1cc(-n2cnc(C#N)c2)nc2ccc(C3OCC3C(N)=O)cc12. The first-order valence-electron chi connectivity index (χ1n) is 8.53. The van der Waals surface area contributed by atoms with Crippen molar-refractivity contribution in [2.45, 2.75) is 13.0 Å². The molecule has 2 aromatic heterocycles. The minimum atomic E-state index is -0.363. The summed E-state index contributed by atoms with van der Waals surface area (Å²) in [4.78, 5) is 20.1. The van der Waals surface area contributed by atoms with E-state index in [0.29, 0.717) is 30.5 Å². The molecule has 1 aromatic carbocycles. The van der Waals surface area contributed by atoms with Crippen molar-refractivity contribution in [1.29, 1.82) is 5.26 Å². The first-order valence-corrected chi connectivity index (χ1v) is 8.53. The Morgan fingerprint density at radius 1 is 1.48 bits per heavy atom. The van der Waals surface area contributed by atoms with Crippen LogP contribution in [0.5, 0.6) is 5.75 Å². The lowest BCUT2D eigenvalue weighted by Crippen LogP contribution is -2.42. The standard InChI is InChI=1S/C19H17N5O3/c1-2-26-16-6-17(24-8-12(7-20)22-10-24)23-15-4-3-11(5-13(15)16)18-14(9-27-18)19(21)25/h3-6,8,10,14,18H,2,9H2,1H3,(H2,21,25). The maximum atomic E-state index is 11.5. The zero-order valence-electron chi connectivity index (χ0n) is 14.6. The summed E-state index contributed by atoms with van der Waals surface area (Å²) in [5.74, 6) is 0.572. The van der Waals surface area contributed by atoms with Gasteiger partial charge in [0.2, 0.25) is 5.91 Å². The normalized spacial score (nSPS) is 18.7. The van der Waals surface area contributed by atoms with Crippen LogP contribution >= 0.6 is 0 Å². The third-order valence-corrected chi connectivity index (χ3v) is 4.56. The van der Waals surface area contributed by atoms with E-state index in [2.05, 4.69) is 9.97 Å². The summed E-state index contributed by atoms with van der Waals surface area (Å²) in [6, 6.07) is 9.45. The van der Waals surface area contributed by atoms with Crippen molar-refractivity contribution in [1.82, 2.24) is 14.5 Å². The van der Waals surface area contributed by atoms with Gasteiger partial charge in [0.25, 0.3) is 0 Å². The Balaban J connectivity index is 1.79. The van der Waals surface area contributed by atoms with Gasteiger partial charge in [0.15, 0.2) is 5.69 Å². The second-order valence-corrected chi connectivity index (χ2v) is 6.23. The molecule has 4 rings (SSSR count). The van der Waals surface area contributed by atoms with E-state index in [4.69, 9.17) is 20.5 Å². The summed E-state index contributed by atoms with van der Waals surface area (Å²) in [7, 11) is 0. The Labute approximate surface area is 155 Å². The molecule has 1 aliphatic rings. The fourth-order valence-electron chi connectivity index (χ4n) is 3.14. The van der Waals surface area contributed by atoms with Gasteiger partial charge in [-0.15, -0.1) is 0 Å². The molecule has 1 amide bonds. The molecule has 0 bridgehead atoms. The van der Waals surface area contributed by atoms with Gasteiger partial charge in [-0.25, -0.2) is 9.97 Å². The molecule has 1 fully saturated rings. The third kappa shape index (κ3) is 2.98. The fraction of sp³-hybridized carbons (Fsp3) is 0.263. The molecule has 0 aliphatic carbocycles. The molecule has 3 heterocycles. The van der Waals surface area contributed by atoms with Crippen LogP contribution in [-0.2, 0) is 9.53 Å². The Bertz CT molecular complexity index is 1070. The lowest BCUT2D eigenvalue weighted by atomic mass is 9.90. The molecule has 136 valence electrons. The van der Waals surface area contributed by atoms with Crippen LogP contribution in [0.2, 0.25) is 0 Å². The van der Waals surface area contributed by atoms with Crippen LogP contribution in [0.4, 0.5) is 0 Å². The van der Waals surface area contributed by atoms with Crippen LogP contribution in [0.15, 0.2) is 36.8 Å². The summed E-state index contributed by atoms with van der Waals surface area (Å²) in [6.45, 7) is 2.73. The zero-order valence-corrected chi connectivity index (χ0v) is 14.6. The minimum absolute atomic E-state index is 0.310. The monoisotopic (exact) mass is 363 g/mol. The van der Waals surface area contributed by atoms with Crippen molar-refractivity contribution >= 4 is 16.8 Å². The van der Waals surface area contributed by atoms with E-state index in [1.165, 1.54) is 6.33 Å². The summed E-state index contributed by atoms with van der Waals surface area (Å²) >= 11 is 0. The van der Waals surface area contributed by atoms with Gasteiger partial charge in [-0.05, 0) is 24.6 Å². The highest BCUT2D eigenvalue weighted by molar-refractivity contribution is 5.87. The number of amides is 1. The molecule has 2 N–H and O–H groups in total. The Kier molecular flexibility index (Phi) is 4.22. The molecule has 3 aromatic rings. The maximum Gasteiger partial charge on any atom is 0.225 e. The van der Waals surface area contributed by atoms with Crippen molar-refractivity contribution in [3.63, 3.8) is 0 Å². The number of pyridine rings is 1. The van der Waals surface area contributed by atoms with Gasteiger partial charge in [0.05, 0.1) is 30.8 Å². The molecular weight excluding hydrogens is 346 g/mol. The summed E-state index contributed by atoms with van der Waals surface area (Å²) in [6.07, 6.45) is 2.81. The number of carbonyl (C=O) groups is 1. The van der Waals surface area contributed by atoms with Gasteiger partial charge in [-0.2, -0.15) is 5.26 Å². The van der Waals surface area contributed by atoms with Crippen LogP contribution in [0.25, 0.3) is 16.7 Å². The van der Waals surface area contributed by atoms with Crippen molar-refractivity contribution < 1.29 is 14.3 Å². The number of ether oxygens (including phenoxy) is 2. The number of nitrogens with zero attached hydrogens (tertiary/aromatic N) is 4. The van der Waals surface area contributed by atoms with Gasteiger partial charge in [0, 0.05) is 17.6 Å². The third-order valence-electron chi connectivity index (χ3n) is 4.56. The molecular formula is C19H17N5O3. The first-order chi connectivity index (χ1) is 13.1. The number of rotatable bonds is 5.